The third-order valence-corrected chi connectivity index (χ3v) is 6.02. The molecule has 4 nitrogen and oxygen atoms in total. The van der Waals surface area contributed by atoms with Crippen molar-refractivity contribution in [3.8, 4) is 0 Å². The van der Waals surface area contributed by atoms with Crippen LogP contribution < -0.4 is 0 Å². The maximum absolute atomic E-state index is 11.5. The Hall–Kier alpha value is -1.75. The molecular weight excluding hydrogens is 300 g/mol. The van der Waals surface area contributed by atoms with E-state index in [1.807, 2.05) is 36.4 Å². The standard InChI is InChI=1S/C20H24N2O2/c1-2-14-12-22-10-8-15(14)11-19(22)20(24,13-23)17-7-9-21-18-6-4-3-5-16(17)18/h2-7,9,14-15,19,23-24H,1,8,10-13H2/t14-,15-,19-,20-/m0/s1. The zero-order chi connectivity index (χ0) is 16.7. The first-order chi connectivity index (χ1) is 11.7. The molecule has 24 heavy (non-hydrogen) atoms. The fraction of sp³-hybridized carbons (Fsp3) is 0.450. The van der Waals surface area contributed by atoms with Crippen LogP contribution in [0.4, 0.5) is 0 Å². The molecule has 4 heterocycles. The number of aromatic nitrogens is 1. The Morgan fingerprint density at radius 2 is 2.17 bits per heavy atom. The summed E-state index contributed by atoms with van der Waals surface area (Å²) in [6.45, 7) is 5.58. The van der Waals surface area contributed by atoms with Crippen LogP contribution in [-0.2, 0) is 5.60 Å². The second-order valence-corrected chi connectivity index (χ2v) is 7.15. The highest BCUT2D eigenvalue weighted by Gasteiger charge is 2.49. The molecule has 1 unspecified atom stereocenters. The normalized spacial score (nSPS) is 31.8. The SMILES string of the molecule is C=C[C@H]1CN2CC[C@H]1C[C@H]2[C@](O)(CO)c1ccnc2ccccc12. The number of hydrogen-bond acceptors (Lipinski definition) is 4. The van der Waals surface area contributed by atoms with Gasteiger partial charge in [0.05, 0.1) is 12.1 Å². The van der Waals surface area contributed by atoms with Crippen molar-refractivity contribution in [1.29, 1.82) is 0 Å². The number of pyridine rings is 1. The molecule has 3 fully saturated rings. The van der Waals surface area contributed by atoms with Gasteiger partial charge in [0.2, 0.25) is 0 Å². The minimum atomic E-state index is -1.27. The first kappa shape index (κ1) is 15.8. The van der Waals surface area contributed by atoms with Gasteiger partial charge in [0.15, 0.2) is 0 Å². The number of nitrogens with zero attached hydrogens (tertiary/aromatic N) is 2. The van der Waals surface area contributed by atoms with E-state index >= 15 is 0 Å². The Balaban J connectivity index is 1.78. The highest BCUT2D eigenvalue weighted by atomic mass is 16.3. The number of aliphatic hydroxyl groups excluding tert-OH is 1. The molecule has 2 N–H and O–H groups in total. The van der Waals surface area contributed by atoms with Crippen LogP contribution in [0.3, 0.4) is 0 Å². The summed E-state index contributed by atoms with van der Waals surface area (Å²) in [5.74, 6) is 1.04. The third-order valence-electron chi connectivity index (χ3n) is 6.02. The molecule has 3 aliphatic heterocycles. The second-order valence-electron chi connectivity index (χ2n) is 7.15. The van der Waals surface area contributed by atoms with Gasteiger partial charge in [0, 0.05) is 24.2 Å². The predicted octanol–water partition coefficient (Wildman–Crippen LogP) is 2.31. The van der Waals surface area contributed by atoms with Crippen molar-refractivity contribution in [1.82, 2.24) is 9.88 Å². The number of piperidine rings is 3. The van der Waals surface area contributed by atoms with Crippen LogP contribution in [0.1, 0.15) is 18.4 Å². The molecule has 2 bridgehead atoms. The van der Waals surface area contributed by atoms with E-state index in [0.29, 0.717) is 11.8 Å². The van der Waals surface area contributed by atoms with Crippen molar-refractivity contribution < 1.29 is 10.2 Å². The van der Waals surface area contributed by atoms with Gasteiger partial charge < -0.3 is 10.2 Å². The molecule has 2 aromatic rings. The minimum absolute atomic E-state index is 0.0664. The Morgan fingerprint density at radius 3 is 2.88 bits per heavy atom. The van der Waals surface area contributed by atoms with Crippen LogP contribution in [0.5, 0.6) is 0 Å². The summed E-state index contributed by atoms with van der Waals surface area (Å²) in [6.07, 6.45) is 5.81. The molecule has 3 saturated heterocycles. The zero-order valence-corrected chi connectivity index (χ0v) is 13.8. The average molecular weight is 324 g/mol. The molecule has 0 saturated carbocycles. The van der Waals surface area contributed by atoms with Gasteiger partial charge >= 0.3 is 0 Å². The quantitative estimate of drug-likeness (QED) is 0.848. The van der Waals surface area contributed by atoms with E-state index < -0.39 is 5.60 Å². The molecule has 4 heteroatoms. The van der Waals surface area contributed by atoms with E-state index in [0.717, 1.165) is 42.4 Å². The third kappa shape index (κ3) is 2.29. The highest BCUT2D eigenvalue weighted by molar-refractivity contribution is 5.82. The number of rotatable bonds is 4. The van der Waals surface area contributed by atoms with Crippen LogP contribution in [0, 0.1) is 11.8 Å². The average Bonchev–Trinajstić information content (AvgIpc) is 2.67. The van der Waals surface area contributed by atoms with E-state index in [-0.39, 0.29) is 12.6 Å². The van der Waals surface area contributed by atoms with Crippen LogP contribution in [-0.4, -0.2) is 45.8 Å². The van der Waals surface area contributed by atoms with E-state index in [2.05, 4.69) is 16.5 Å². The Morgan fingerprint density at radius 1 is 1.33 bits per heavy atom. The van der Waals surface area contributed by atoms with E-state index in [1.165, 1.54) is 0 Å². The van der Waals surface area contributed by atoms with Crippen LogP contribution in [0.25, 0.3) is 10.9 Å². The fourth-order valence-electron chi connectivity index (χ4n) is 4.68. The monoisotopic (exact) mass is 324 g/mol. The van der Waals surface area contributed by atoms with Crippen molar-refractivity contribution >= 4 is 10.9 Å². The largest absolute Gasteiger partial charge is 0.393 e. The van der Waals surface area contributed by atoms with Gasteiger partial charge in [-0.05, 0) is 48.9 Å². The molecule has 126 valence electrons. The number of benzene rings is 1. The van der Waals surface area contributed by atoms with Crippen molar-refractivity contribution in [3.05, 3.63) is 54.7 Å². The molecule has 0 spiro atoms. The van der Waals surface area contributed by atoms with Crippen LogP contribution in [0.15, 0.2) is 49.2 Å². The van der Waals surface area contributed by atoms with Gasteiger partial charge in [0.25, 0.3) is 0 Å². The number of para-hydroxylation sites is 1. The maximum atomic E-state index is 11.5. The Labute approximate surface area is 142 Å². The molecule has 0 amide bonds. The highest BCUT2D eigenvalue weighted by Crippen LogP contribution is 2.44. The molecule has 0 radical (unpaired) electrons. The summed E-state index contributed by atoms with van der Waals surface area (Å²) in [5, 5.41) is 22.7. The lowest BCUT2D eigenvalue weighted by atomic mass is 9.69. The second kappa shape index (κ2) is 5.96. The summed E-state index contributed by atoms with van der Waals surface area (Å²) in [6, 6.07) is 9.60. The van der Waals surface area contributed by atoms with Crippen molar-refractivity contribution in [3.63, 3.8) is 0 Å². The van der Waals surface area contributed by atoms with Gasteiger partial charge in [0.1, 0.15) is 5.60 Å². The first-order valence-electron chi connectivity index (χ1n) is 8.71. The van der Waals surface area contributed by atoms with Crippen LogP contribution >= 0.6 is 0 Å². The fourth-order valence-corrected chi connectivity index (χ4v) is 4.68. The lowest BCUT2D eigenvalue weighted by molar-refractivity contribution is -0.130. The van der Waals surface area contributed by atoms with Crippen molar-refractivity contribution in [2.45, 2.75) is 24.5 Å². The predicted molar refractivity (Wildman–Crippen MR) is 94.5 cm³/mol. The molecule has 1 aromatic carbocycles. The first-order valence-corrected chi connectivity index (χ1v) is 8.71. The summed E-state index contributed by atoms with van der Waals surface area (Å²) in [4.78, 5) is 6.72. The van der Waals surface area contributed by atoms with Gasteiger partial charge in [-0.2, -0.15) is 0 Å². The molecule has 5 atom stereocenters. The summed E-state index contributed by atoms with van der Waals surface area (Å²) in [7, 11) is 0. The minimum Gasteiger partial charge on any atom is -0.393 e. The van der Waals surface area contributed by atoms with E-state index in [9.17, 15) is 10.2 Å². The summed E-state index contributed by atoms with van der Waals surface area (Å²) >= 11 is 0. The van der Waals surface area contributed by atoms with Crippen LogP contribution in [0.2, 0.25) is 0 Å². The maximum Gasteiger partial charge on any atom is 0.129 e. The summed E-state index contributed by atoms with van der Waals surface area (Å²) < 4.78 is 0. The lowest BCUT2D eigenvalue weighted by Gasteiger charge is -2.54. The molecular formula is C20H24N2O2. The van der Waals surface area contributed by atoms with Gasteiger partial charge in [-0.15, -0.1) is 6.58 Å². The van der Waals surface area contributed by atoms with Gasteiger partial charge in [-0.25, -0.2) is 0 Å². The van der Waals surface area contributed by atoms with Gasteiger partial charge in [-0.3, -0.25) is 9.88 Å². The smallest absolute Gasteiger partial charge is 0.129 e. The zero-order valence-electron chi connectivity index (χ0n) is 13.8. The number of aliphatic hydroxyl groups is 2. The van der Waals surface area contributed by atoms with Gasteiger partial charge in [-0.1, -0.05) is 24.3 Å². The number of fused-ring (bicyclic) bond motifs is 4. The molecule has 3 aliphatic rings. The summed E-state index contributed by atoms with van der Waals surface area (Å²) in [5.41, 5.74) is 0.359. The lowest BCUT2D eigenvalue weighted by Crippen LogP contribution is -2.61. The Kier molecular flexibility index (Phi) is 3.91. The van der Waals surface area contributed by atoms with Crippen molar-refractivity contribution in [2.75, 3.05) is 19.7 Å². The Bertz CT molecular complexity index is 757. The van der Waals surface area contributed by atoms with E-state index in [1.54, 1.807) is 6.20 Å². The topological polar surface area (TPSA) is 56.6 Å². The molecule has 5 rings (SSSR count). The molecule has 0 aliphatic carbocycles. The van der Waals surface area contributed by atoms with E-state index in [4.69, 9.17) is 0 Å². The molecule has 1 aromatic heterocycles. The number of hydrogen-bond donors (Lipinski definition) is 2. The van der Waals surface area contributed by atoms with Crippen molar-refractivity contribution in [2.24, 2.45) is 11.8 Å².